The summed E-state index contributed by atoms with van der Waals surface area (Å²) in [6.45, 7) is 0. The normalized spacial score (nSPS) is 19.8. The van der Waals surface area contributed by atoms with Crippen molar-refractivity contribution in [3.8, 4) is 0 Å². The number of hydrogen-bond donors (Lipinski definition) is 1. The Labute approximate surface area is 45.7 Å². The molecule has 0 aromatic carbocycles. The van der Waals surface area contributed by atoms with Gasteiger partial charge in [0.1, 0.15) is 5.16 Å². The van der Waals surface area contributed by atoms with Gasteiger partial charge in [0, 0.05) is 0 Å². The molecule has 0 fully saturated rings. The Morgan fingerprint density at radius 1 is 2.00 bits per heavy atom. The van der Waals surface area contributed by atoms with E-state index in [2.05, 4.69) is 10.7 Å². The second kappa shape index (κ2) is 1.76. The van der Waals surface area contributed by atoms with Gasteiger partial charge in [-0.15, -0.1) is 11.8 Å². The maximum Gasteiger partial charge on any atom is 0.118 e. The van der Waals surface area contributed by atoms with Gasteiger partial charge in [0.2, 0.25) is 0 Å². The molecule has 1 radical (unpaired) electrons. The standard InChI is InChI=1S/C3H3ClNS/c4-3-1-6-2-5-3/h5H,2H2. The van der Waals surface area contributed by atoms with E-state index in [1.165, 1.54) is 0 Å². The van der Waals surface area contributed by atoms with E-state index < -0.39 is 0 Å². The van der Waals surface area contributed by atoms with Crippen molar-refractivity contribution in [1.82, 2.24) is 5.32 Å². The monoisotopic (exact) mass is 120 g/mol. The van der Waals surface area contributed by atoms with Crippen LogP contribution in [-0.2, 0) is 0 Å². The number of nitrogens with one attached hydrogen (secondary N) is 1. The number of rotatable bonds is 0. The predicted octanol–water partition coefficient (Wildman–Crippen LogP) is 1.12. The van der Waals surface area contributed by atoms with E-state index in [9.17, 15) is 0 Å². The van der Waals surface area contributed by atoms with Gasteiger partial charge in [-0.2, -0.15) is 0 Å². The molecular formula is C3H3ClNS. The van der Waals surface area contributed by atoms with Crippen molar-refractivity contribution in [3.05, 3.63) is 10.6 Å². The third-order valence-corrected chi connectivity index (χ3v) is 1.44. The summed E-state index contributed by atoms with van der Waals surface area (Å²) < 4.78 is 0. The zero-order valence-corrected chi connectivity index (χ0v) is 4.57. The Morgan fingerprint density at radius 2 is 2.83 bits per heavy atom. The molecule has 0 amide bonds. The van der Waals surface area contributed by atoms with Crippen molar-refractivity contribution in [1.29, 1.82) is 0 Å². The molecule has 33 valence electrons. The van der Waals surface area contributed by atoms with Crippen LogP contribution in [0, 0.1) is 5.41 Å². The van der Waals surface area contributed by atoms with Crippen LogP contribution in [0.3, 0.4) is 0 Å². The topological polar surface area (TPSA) is 12.0 Å². The molecule has 0 unspecified atom stereocenters. The van der Waals surface area contributed by atoms with Crippen molar-refractivity contribution >= 4 is 23.4 Å². The van der Waals surface area contributed by atoms with Gasteiger partial charge in [0.25, 0.3) is 0 Å². The molecule has 0 aliphatic carbocycles. The predicted molar refractivity (Wildman–Crippen MR) is 28.2 cm³/mol. The van der Waals surface area contributed by atoms with Gasteiger partial charge < -0.3 is 5.32 Å². The van der Waals surface area contributed by atoms with Crippen LogP contribution >= 0.6 is 23.4 Å². The summed E-state index contributed by atoms with van der Waals surface area (Å²) in [5.41, 5.74) is 0. The molecule has 1 nitrogen and oxygen atoms in total. The highest BCUT2D eigenvalue weighted by Crippen LogP contribution is 2.12. The summed E-state index contributed by atoms with van der Waals surface area (Å²) in [4.78, 5) is 0. The Hall–Kier alpha value is 0.180. The van der Waals surface area contributed by atoms with Crippen molar-refractivity contribution in [2.45, 2.75) is 0 Å². The Bertz CT molecular complexity index is 80.9. The van der Waals surface area contributed by atoms with Crippen LogP contribution in [0.4, 0.5) is 0 Å². The summed E-state index contributed by atoms with van der Waals surface area (Å²) in [6.07, 6.45) is 0. The van der Waals surface area contributed by atoms with Gasteiger partial charge >= 0.3 is 0 Å². The average molecular weight is 121 g/mol. The van der Waals surface area contributed by atoms with Crippen LogP contribution in [-0.4, -0.2) is 5.88 Å². The molecule has 0 bridgehead atoms. The minimum absolute atomic E-state index is 0.639. The van der Waals surface area contributed by atoms with Gasteiger partial charge in [-0.25, -0.2) is 0 Å². The summed E-state index contributed by atoms with van der Waals surface area (Å²) in [7, 11) is 0. The van der Waals surface area contributed by atoms with Crippen LogP contribution < -0.4 is 5.32 Å². The Morgan fingerprint density at radius 3 is 3.00 bits per heavy atom. The molecule has 1 heterocycles. The van der Waals surface area contributed by atoms with Crippen LogP contribution in [0.1, 0.15) is 0 Å². The van der Waals surface area contributed by atoms with E-state index in [1.54, 1.807) is 11.8 Å². The van der Waals surface area contributed by atoms with E-state index in [4.69, 9.17) is 11.6 Å². The van der Waals surface area contributed by atoms with E-state index in [0.717, 1.165) is 5.88 Å². The van der Waals surface area contributed by atoms with Crippen molar-refractivity contribution in [2.24, 2.45) is 0 Å². The second-order valence-electron chi connectivity index (χ2n) is 0.881. The second-order valence-corrected chi connectivity index (χ2v) is 2.04. The molecule has 1 N–H and O–H groups in total. The minimum atomic E-state index is 0.639. The lowest BCUT2D eigenvalue weighted by molar-refractivity contribution is 1.06. The quantitative estimate of drug-likeness (QED) is 0.481. The van der Waals surface area contributed by atoms with E-state index >= 15 is 0 Å². The smallest absolute Gasteiger partial charge is 0.118 e. The Balaban J connectivity index is 2.45. The lowest BCUT2D eigenvalue weighted by atomic mass is 11.0. The third-order valence-electron chi connectivity index (χ3n) is 0.461. The summed E-state index contributed by atoms with van der Waals surface area (Å²) in [6, 6.07) is 0. The van der Waals surface area contributed by atoms with Crippen LogP contribution in [0.15, 0.2) is 5.16 Å². The molecule has 1 aliphatic rings. The average Bonchev–Trinajstić information content (AvgIpc) is 1.86. The molecule has 0 saturated heterocycles. The zero-order chi connectivity index (χ0) is 4.41. The van der Waals surface area contributed by atoms with Crippen LogP contribution in [0.2, 0.25) is 0 Å². The number of halogens is 1. The molecular weight excluding hydrogens is 118 g/mol. The van der Waals surface area contributed by atoms with Gasteiger partial charge in [-0.05, 0) is 0 Å². The van der Waals surface area contributed by atoms with Gasteiger partial charge in [-0.1, -0.05) is 11.6 Å². The molecule has 1 rings (SSSR count). The number of hydrogen-bond acceptors (Lipinski definition) is 2. The first-order valence-corrected chi connectivity index (χ1v) is 2.90. The van der Waals surface area contributed by atoms with Crippen LogP contribution in [0.25, 0.3) is 0 Å². The minimum Gasteiger partial charge on any atom is -0.365 e. The van der Waals surface area contributed by atoms with Crippen LogP contribution in [0.5, 0.6) is 0 Å². The van der Waals surface area contributed by atoms with E-state index in [1.807, 2.05) is 0 Å². The molecule has 0 saturated carbocycles. The molecule has 1 aliphatic heterocycles. The first-order chi connectivity index (χ1) is 2.89. The highest BCUT2D eigenvalue weighted by molar-refractivity contribution is 8.01. The van der Waals surface area contributed by atoms with Gasteiger partial charge in [0.15, 0.2) is 0 Å². The number of thioether (sulfide) groups is 1. The lowest BCUT2D eigenvalue weighted by Gasteiger charge is -1.84. The fraction of sp³-hybridized carbons (Fsp3) is 0.333. The van der Waals surface area contributed by atoms with Crippen molar-refractivity contribution < 1.29 is 0 Å². The zero-order valence-electron chi connectivity index (χ0n) is 2.99. The van der Waals surface area contributed by atoms with Gasteiger partial charge in [0.05, 0.1) is 11.3 Å². The molecule has 3 heteroatoms. The summed E-state index contributed by atoms with van der Waals surface area (Å²) in [5, 5.41) is 6.30. The SMILES string of the molecule is ClC1=[C]SCN1. The Kier molecular flexibility index (Phi) is 1.27. The highest BCUT2D eigenvalue weighted by atomic mass is 35.5. The van der Waals surface area contributed by atoms with E-state index in [-0.39, 0.29) is 0 Å². The summed E-state index contributed by atoms with van der Waals surface area (Å²) in [5.74, 6) is 0.874. The molecule has 0 spiro atoms. The fourth-order valence-corrected chi connectivity index (χ4v) is 1.03. The maximum absolute atomic E-state index is 5.39. The molecule has 0 aromatic rings. The third kappa shape index (κ3) is 0.820. The highest BCUT2D eigenvalue weighted by Gasteiger charge is 1.96. The van der Waals surface area contributed by atoms with E-state index in [0.29, 0.717) is 5.16 Å². The summed E-state index contributed by atoms with van der Waals surface area (Å²) >= 11 is 6.94. The molecule has 0 aromatic heterocycles. The van der Waals surface area contributed by atoms with Crippen molar-refractivity contribution in [3.63, 3.8) is 0 Å². The largest absolute Gasteiger partial charge is 0.365 e. The lowest BCUT2D eigenvalue weighted by Crippen LogP contribution is -1.99. The first-order valence-electron chi connectivity index (χ1n) is 1.54. The maximum atomic E-state index is 5.39. The van der Waals surface area contributed by atoms with Gasteiger partial charge in [-0.3, -0.25) is 0 Å². The fourth-order valence-electron chi connectivity index (χ4n) is 0.235. The van der Waals surface area contributed by atoms with Crippen molar-refractivity contribution in [2.75, 3.05) is 5.88 Å². The molecule has 6 heavy (non-hydrogen) atoms. The first kappa shape index (κ1) is 4.34. The molecule has 0 atom stereocenters.